The largest absolute Gasteiger partial charge is 0.311 e. The van der Waals surface area contributed by atoms with Crippen LogP contribution in [0.3, 0.4) is 0 Å². The quantitative estimate of drug-likeness (QED) is 0.709. The molecule has 1 saturated carbocycles. The molecule has 0 radical (unpaired) electrons. The molecule has 30 heavy (non-hydrogen) atoms. The van der Waals surface area contributed by atoms with Gasteiger partial charge in [-0.05, 0) is 36.6 Å². The van der Waals surface area contributed by atoms with Crippen LogP contribution in [0.15, 0.2) is 54.6 Å². The second kappa shape index (κ2) is 8.99. The number of hydrogen-bond donors (Lipinski definition) is 0. The van der Waals surface area contributed by atoms with Gasteiger partial charge in [0.15, 0.2) is 0 Å². The van der Waals surface area contributed by atoms with E-state index in [0.717, 1.165) is 51.3 Å². The number of nitriles is 1. The SMILES string of the molecule is CCC(=O)N(CC1(N2CCN(Cc3ccccc3)CC2)CC1)c1cccc(C#N)c1. The molecule has 1 saturated heterocycles. The maximum Gasteiger partial charge on any atom is 0.226 e. The molecule has 4 rings (SSSR count). The van der Waals surface area contributed by atoms with Gasteiger partial charge in [0.05, 0.1) is 11.6 Å². The van der Waals surface area contributed by atoms with Crippen molar-refractivity contribution in [3.05, 3.63) is 65.7 Å². The monoisotopic (exact) mass is 402 g/mol. The van der Waals surface area contributed by atoms with Crippen molar-refractivity contribution < 1.29 is 4.79 Å². The van der Waals surface area contributed by atoms with Gasteiger partial charge in [-0.2, -0.15) is 5.26 Å². The van der Waals surface area contributed by atoms with Crippen molar-refractivity contribution in [2.45, 2.75) is 38.3 Å². The van der Waals surface area contributed by atoms with Gasteiger partial charge in [0, 0.05) is 56.9 Å². The van der Waals surface area contributed by atoms with Crippen LogP contribution < -0.4 is 4.90 Å². The molecular weight excluding hydrogens is 372 g/mol. The van der Waals surface area contributed by atoms with Gasteiger partial charge < -0.3 is 4.90 Å². The molecule has 5 nitrogen and oxygen atoms in total. The fourth-order valence-corrected chi connectivity index (χ4v) is 4.49. The average Bonchev–Trinajstić information content (AvgIpc) is 3.59. The van der Waals surface area contributed by atoms with E-state index in [4.69, 9.17) is 0 Å². The summed E-state index contributed by atoms with van der Waals surface area (Å²) in [6.07, 6.45) is 2.74. The third-order valence-electron chi connectivity index (χ3n) is 6.46. The molecule has 2 aromatic rings. The van der Waals surface area contributed by atoms with Crippen LogP contribution in [0.1, 0.15) is 37.3 Å². The van der Waals surface area contributed by atoms with Crippen LogP contribution in [0.25, 0.3) is 0 Å². The molecule has 156 valence electrons. The molecule has 1 amide bonds. The Kier molecular flexibility index (Phi) is 6.17. The zero-order valence-electron chi connectivity index (χ0n) is 17.8. The molecule has 0 unspecified atom stereocenters. The molecule has 2 aromatic carbocycles. The molecule has 2 fully saturated rings. The Bertz CT molecular complexity index is 908. The van der Waals surface area contributed by atoms with E-state index < -0.39 is 0 Å². The lowest BCUT2D eigenvalue weighted by atomic mass is 10.1. The first-order valence-corrected chi connectivity index (χ1v) is 11.0. The Labute approximate surface area is 179 Å². The molecule has 1 heterocycles. The lowest BCUT2D eigenvalue weighted by Crippen LogP contribution is -2.55. The lowest BCUT2D eigenvalue weighted by Gasteiger charge is -2.41. The number of rotatable bonds is 7. The summed E-state index contributed by atoms with van der Waals surface area (Å²) in [7, 11) is 0. The fraction of sp³-hybridized carbons (Fsp3) is 0.440. The third-order valence-corrected chi connectivity index (χ3v) is 6.46. The molecule has 0 atom stereocenters. The molecule has 1 aliphatic carbocycles. The molecule has 0 aromatic heterocycles. The van der Waals surface area contributed by atoms with E-state index in [0.29, 0.717) is 18.5 Å². The number of amides is 1. The maximum atomic E-state index is 12.8. The van der Waals surface area contributed by atoms with Gasteiger partial charge >= 0.3 is 0 Å². The normalized spacial score (nSPS) is 18.5. The fourth-order valence-electron chi connectivity index (χ4n) is 4.49. The van der Waals surface area contributed by atoms with Crippen molar-refractivity contribution >= 4 is 11.6 Å². The van der Waals surface area contributed by atoms with Crippen LogP contribution in [-0.2, 0) is 11.3 Å². The lowest BCUT2D eigenvalue weighted by molar-refractivity contribution is -0.118. The number of carbonyl (C=O) groups excluding carboxylic acids is 1. The minimum atomic E-state index is 0.0896. The van der Waals surface area contributed by atoms with E-state index in [2.05, 4.69) is 46.2 Å². The van der Waals surface area contributed by atoms with Gasteiger partial charge in [-0.1, -0.05) is 43.3 Å². The molecule has 0 N–H and O–H groups in total. The first-order chi connectivity index (χ1) is 14.6. The van der Waals surface area contributed by atoms with E-state index in [1.807, 2.05) is 30.0 Å². The highest BCUT2D eigenvalue weighted by molar-refractivity contribution is 5.93. The van der Waals surface area contributed by atoms with Gasteiger partial charge in [-0.25, -0.2) is 0 Å². The van der Waals surface area contributed by atoms with Crippen LogP contribution in [0.2, 0.25) is 0 Å². The summed E-state index contributed by atoms with van der Waals surface area (Å²) in [6, 6.07) is 20.3. The van der Waals surface area contributed by atoms with E-state index >= 15 is 0 Å². The van der Waals surface area contributed by atoms with Gasteiger partial charge in [-0.15, -0.1) is 0 Å². The van der Waals surface area contributed by atoms with Crippen LogP contribution in [-0.4, -0.2) is 54.0 Å². The molecule has 0 bridgehead atoms. The summed E-state index contributed by atoms with van der Waals surface area (Å²) in [5.41, 5.74) is 2.90. The minimum Gasteiger partial charge on any atom is -0.311 e. The molecule has 5 heteroatoms. The second-order valence-corrected chi connectivity index (χ2v) is 8.47. The zero-order chi connectivity index (χ0) is 21.0. The average molecular weight is 403 g/mol. The summed E-state index contributed by atoms with van der Waals surface area (Å²) in [5, 5.41) is 9.25. The van der Waals surface area contributed by atoms with Crippen molar-refractivity contribution in [3.63, 3.8) is 0 Å². The molecule has 1 aliphatic heterocycles. The topological polar surface area (TPSA) is 50.6 Å². The Hall–Kier alpha value is -2.68. The van der Waals surface area contributed by atoms with Gasteiger partial charge in [0.25, 0.3) is 0 Å². The van der Waals surface area contributed by atoms with Crippen molar-refractivity contribution in [2.75, 3.05) is 37.6 Å². The van der Waals surface area contributed by atoms with Gasteiger partial charge in [0.1, 0.15) is 0 Å². The van der Waals surface area contributed by atoms with Crippen LogP contribution >= 0.6 is 0 Å². The number of anilines is 1. The second-order valence-electron chi connectivity index (χ2n) is 8.47. The Morgan fingerprint density at radius 1 is 1.07 bits per heavy atom. The Morgan fingerprint density at radius 3 is 2.43 bits per heavy atom. The Morgan fingerprint density at radius 2 is 1.80 bits per heavy atom. The predicted octanol–water partition coefficient (Wildman–Crippen LogP) is 3.65. The van der Waals surface area contributed by atoms with E-state index in [-0.39, 0.29) is 11.4 Å². The van der Waals surface area contributed by atoms with Crippen molar-refractivity contribution in [2.24, 2.45) is 0 Å². The number of hydrogen-bond acceptors (Lipinski definition) is 4. The predicted molar refractivity (Wildman–Crippen MR) is 119 cm³/mol. The van der Waals surface area contributed by atoms with E-state index in [1.54, 1.807) is 6.07 Å². The smallest absolute Gasteiger partial charge is 0.226 e. The Balaban J connectivity index is 1.42. The van der Waals surface area contributed by atoms with Crippen LogP contribution in [0, 0.1) is 11.3 Å². The highest BCUT2D eigenvalue weighted by atomic mass is 16.2. The third kappa shape index (κ3) is 4.56. The van der Waals surface area contributed by atoms with Gasteiger partial charge in [0.2, 0.25) is 5.91 Å². The minimum absolute atomic E-state index is 0.0896. The van der Waals surface area contributed by atoms with Crippen LogP contribution in [0.4, 0.5) is 5.69 Å². The molecular formula is C25H30N4O. The maximum absolute atomic E-state index is 12.8. The van der Waals surface area contributed by atoms with E-state index in [9.17, 15) is 10.1 Å². The molecule has 0 spiro atoms. The summed E-state index contributed by atoms with van der Waals surface area (Å²) >= 11 is 0. The first-order valence-electron chi connectivity index (χ1n) is 11.0. The first kappa shape index (κ1) is 20.6. The number of benzene rings is 2. The zero-order valence-corrected chi connectivity index (χ0v) is 17.8. The summed E-state index contributed by atoms with van der Waals surface area (Å²) in [4.78, 5) is 19.8. The number of nitrogens with zero attached hydrogens (tertiary/aromatic N) is 4. The summed E-state index contributed by atoms with van der Waals surface area (Å²) < 4.78 is 0. The standard InChI is InChI=1S/C25H30N4O/c1-2-24(30)29(23-10-6-9-22(17-23)18-26)20-25(11-12-25)28-15-13-27(14-16-28)19-21-7-4-3-5-8-21/h3-10,17H,2,11-16,19-20H2,1H3. The van der Waals surface area contributed by atoms with Crippen molar-refractivity contribution in [3.8, 4) is 6.07 Å². The van der Waals surface area contributed by atoms with Crippen LogP contribution in [0.5, 0.6) is 0 Å². The number of piperazine rings is 1. The van der Waals surface area contributed by atoms with E-state index in [1.165, 1.54) is 5.56 Å². The van der Waals surface area contributed by atoms with Gasteiger partial charge in [-0.3, -0.25) is 14.6 Å². The van der Waals surface area contributed by atoms with Crippen molar-refractivity contribution in [1.29, 1.82) is 5.26 Å². The van der Waals surface area contributed by atoms with Crippen molar-refractivity contribution in [1.82, 2.24) is 9.80 Å². The summed E-state index contributed by atoms with van der Waals surface area (Å²) in [6.45, 7) is 7.82. The summed E-state index contributed by atoms with van der Waals surface area (Å²) in [5.74, 6) is 0.124. The highest BCUT2D eigenvalue weighted by Crippen LogP contribution is 2.43. The number of carbonyl (C=O) groups is 1. The highest BCUT2D eigenvalue weighted by Gasteiger charge is 2.50. The molecule has 2 aliphatic rings.